The van der Waals surface area contributed by atoms with Gasteiger partial charge in [0.2, 0.25) is 0 Å². The van der Waals surface area contributed by atoms with E-state index in [1.807, 2.05) is 24.3 Å². The summed E-state index contributed by atoms with van der Waals surface area (Å²) in [5.41, 5.74) is 0.927. The highest BCUT2D eigenvalue weighted by atomic mass is 79.9. The fourth-order valence-electron chi connectivity index (χ4n) is 3.17. The van der Waals surface area contributed by atoms with E-state index < -0.39 is 9.84 Å². The van der Waals surface area contributed by atoms with Crippen LogP contribution in [0, 0.1) is 0 Å². The Hall–Kier alpha value is -2.06. The lowest BCUT2D eigenvalue weighted by atomic mass is 10.1. The zero-order chi connectivity index (χ0) is 20.1. The van der Waals surface area contributed by atoms with Crippen molar-refractivity contribution in [2.75, 3.05) is 25.2 Å². The minimum Gasteiger partial charge on any atom is -0.497 e. The Balaban J connectivity index is 1.72. The van der Waals surface area contributed by atoms with E-state index in [2.05, 4.69) is 15.9 Å². The average molecular weight is 468 g/mol. The molecule has 0 unspecified atom stereocenters. The van der Waals surface area contributed by atoms with Gasteiger partial charge in [0.25, 0.3) is 5.91 Å². The number of ether oxygens (including phenoxy) is 2. The monoisotopic (exact) mass is 467 g/mol. The van der Waals surface area contributed by atoms with Crippen LogP contribution >= 0.6 is 15.9 Å². The van der Waals surface area contributed by atoms with Gasteiger partial charge >= 0.3 is 0 Å². The lowest BCUT2D eigenvalue weighted by Crippen LogP contribution is -2.43. The molecule has 0 aliphatic carbocycles. The van der Waals surface area contributed by atoms with Crippen LogP contribution in [0.25, 0.3) is 0 Å². The lowest BCUT2D eigenvalue weighted by molar-refractivity contribution is -0.136. The minimum atomic E-state index is -3.11. The number of hydrogen-bond acceptors (Lipinski definition) is 5. The molecule has 0 N–H and O–H groups in total. The standard InChI is InChI=1S/C20H22BrNO5S/c1-26-18-5-7-19(8-6-18)27-13-20(23)22(17-9-10-28(24,25)14-17)12-15-3-2-4-16(21)11-15/h2-8,11,17H,9-10,12-14H2,1H3/t17-/m1/s1. The van der Waals surface area contributed by atoms with Crippen LogP contribution in [-0.4, -0.2) is 50.5 Å². The summed E-state index contributed by atoms with van der Waals surface area (Å²) >= 11 is 3.43. The van der Waals surface area contributed by atoms with Crippen molar-refractivity contribution in [1.29, 1.82) is 0 Å². The van der Waals surface area contributed by atoms with Crippen LogP contribution in [0.15, 0.2) is 53.0 Å². The number of carbonyl (C=O) groups excluding carboxylic acids is 1. The summed E-state index contributed by atoms with van der Waals surface area (Å²) in [5, 5.41) is 0. The number of halogens is 1. The first-order chi connectivity index (χ1) is 13.4. The topological polar surface area (TPSA) is 72.9 Å². The number of carbonyl (C=O) groups is 1. The molecular weight excluding hydrogens is 446 g/mol. The highest BCUT2D eigenvalue weighted by Gasteiger charge is 2.34. The molecule has 3 rings (SSSR count). The summed E-state index contributed by atoms with van der Waals surface area (Å²) in [6.07, 6.45) is 0.449. The second-order valence-corrected chi connectivity index (χ2v) is 9.82. The van der Waals surface area contributed by atoms with Crippen molar-refractivity contribution < 1.29 is 22.7 Å². The van der Waals surface area contributed by atoms with Crippen molar-refractivity contribution >= 4 is 31.7 Å². The number of methoxy groups -OCH3 is 1. The van der Waals surface area contributed by atoms with Crippen molar-refractivity contribution in [3.05, 3.63) is 58.6 Å². The quantitative estimate of drug-likeness (QED) is 0.625. The molecule has 6 nitrogen and oxygen atoms in total. The van der Waals surface area contributed by atoms with Gasteiger partial charge in [-0.15, -0.1) is 0 Å². The minimum absolute atomic E-state index is 0.00468. The second-order valence-electron chi connectivity index (χ2n) is 6.67. The van der Waals surface area contributed by atoms with Gasteiger partial charge in [0.15, 0.2) is 16.4 Å². The molecule has 2 aromatic rings. The van der Waals surface area contributed by atoms with Crippen LogP contribution in [0.4, 0.5) is 0 Å². The van der Waals surface area contributed by atoms with Crippen molar-refractivity contribution in [3.63, 3.8) is 0 Å². The number of rotatable bonds is 7. The maximum absolute atomic E-state index is 12.9. The summed E-state index contributed by atoms with van der Waals surface area (Å²) in [7, 11) is -1.53. The zero-order valence-corrected chi connectivity index (χ0v) is 17.9. The molecule has 0 aromatic heterocycles. The number of nitrogens with zero attached hydrogens (tertiary/aromatic N) is 1. The first-order valence-corrected chi connectivity index (χ1v) is 11.5. The van der Waals surface area contributed by atoms with E-state index >= 15 is 0 Å². The molecule has 1 atom stereocenters. The van der Waals surface area contributed by atoms with E-state index in [1.54, 1.807) is 36.3 Å². The number of benzene rings is 2. The van der Waals surface area contributed by atoms with Gasteiger partial charge in [0.1, 0.15) is 11.5 Å². The Morgan fingerprint density at radius 3 is 2.50 bits per heavy atom. The van der Waals surface area contributed by atoms with Crippen molar-refractivity contribution in [2.45, 2.75) is 19.0 Å². The summed E-state index contributed by atoms with van der Waals surface area (Å²) in [5.74, 6) is 1.12. The highest BCUT2D eigenvalue weighted by Crippen LogP contribution is 2.22. The molecule has 1 aliphatic rings. The first-order valence-electron chi connectivity index (χ1n) is 8.87. The predicted molar refractivity (Wildman–Crippen MR) is 110 cm³/mol. The Kier molecular flexibility index (Phi) is 6.61. The van der Waals surface area contributed by atoms with Gasteiger partial charge in [0, 0.05) is 17.1 Å². The summed E-state index contributed by atoms with van der Waals surface area (Å²) in [6.45, 7) is 0.182. The molecular formula is C20H22BrNO5S. The lowest BCUT2D eigenvalue weighted by Gasteiger charge is -2.28. The van der Waals surface area contributed by atoms with Gasteiger partial charge in [-0.25, -0.2) is 8.42 Å². The SMILES string of the molecule is COc1ccc(OCC(=O)N(Cc2cccc(Br)c2)[C@@H]2CCS(=O)(=O)C2)cc1. The third kappa shape index (κ3) is 5.48. The molecule has 0 radical (unpaired) electrons. The van der Waals surface area contributed by atoms with Gasteiger partial charge in [-0.2, -0.15) is 0 Å². The molecule has 0 saturated carbocycles. The van der Waals surface area contributed by atoms with Gasteiger partial charge in [-0.3, -0.25) is 4.79 Å². The van der Waals surface area contributed by atoms with Gasteiger partial charge in [-0.05, 0) is 48.4 Å². The van der Waals surface area contributed by atoms with E-state index in [9.17, 15) is 13.2 Å². The Labute approximate surface area is 173 Å². The first kappa shape index (κ1) is 20.7. The van der Waals surface area contributed by atoms with Crippen LogP contribution in [0.2, 0.25) is 0 Å². The average Bonchev–Trinajstić information content (AvgIpc) is 3.04. The van der Waals surface area contributed by atoms with Gasteiger partial charge < -0.3 is 14.4 Å². The Morgan fingerprint density at radius 2 is 1.89 bits per heavy atom. The van der Waals surface area contributed by atoms with Crippen LogP contribution < -0.4 is 9.47 Å². The smallest absolute Gasteiger partial charge is 0.261 e. The molecule has 1 fully saturated rings. The predicted octanol–water partition coefficient (Wildman–Crippen LogP) is 3.05. The Morgan fingerprint density at radius 1 is 1.18 bits per heavy atom. The van der Waals surface area contributed by atoms with E-state index in [0.717, 1.165) is 10.0 Å². The maximum Gasteiger partial charge on any atom is 0.261 e. The molecule has 1 amide bonds. The normalized spacial score (nSPS) is 17.9. The zero-order valence-electron chi connectivity index (χ0n) is 15.5. The summed E-state index contributed by atoms with van der Waals surface area (Å²) in [6, 6.07) is 14.3. The van der Waals surface area contributed by atoms with Gasteiger partial charge in [0.05, 0.1) is 18.6 Å². The molecule has 1 heterocycles. The summed E-state index contributed by atoms with van der Waals surface area (Å²) in [4.78, 5) is 14.5. The van der Waals surface area contributed by atoms with Crippen LogP contribution in [0.3, 0.4) is 0 Å². The third-order valence-corrected chi connectivity index (χ3v) is 6.88. The van der Waals surface area contributed by atoms with Crippen LogP contribution in [-0.2, 0) is 21.2 Å². The van der Waals surface area contributed by atoms with E-state index in [4.69, 9.17) is 9.47 Å². The molecule has 150 valence electrons. The van der Waals surface area contributed by atoms with Crippen LogP contribution in [0.1, 0.15) is 12.0 Å². The molecule has 1 aliphatic heterocycles. The highest BCUT2D eigenvalue weighted by molar-refractivity contribution is 9.10. The van der Waals surface area contributed by atoms with Gasteiger partial charge in [-0.1, -0.05) is 28.1 Å². The molecule has 2 aromatic carbocycles. The van der Waals surface area contributed by atoms with E-state index in [1.165, 1.54) is 0 Å². The molecule has 0 spiro atoms. The number of hydrogen-bond donors (Lipinski definition) is 0. The van der Waals surface area contributed by atoms with E-state index in [0.29, 0.717) is 24.5 Å². The fraction of sp³-hybridized carbons (Fsp3) is 0.350. The van der Waals surface area contributed by atoms with Crippen molar-refractivity contribution in [2.24, 2.45) is 0 Å². The van der Waals surface area contributed by atoms with Crippen molar-refractivity contribution in [3.8, 4) is 11.5 Å². The maximum atomic E-state index is 12.9. The number of sulfone groups is 1. The Bertz CT molecular complexity index is 930. The molecule has 1 saturated heterocycles. The molecule has 8 heteroatoms. The molecule has 0 bridgehead atoms. The number of amides is 1. The van der Waals surface area contributed by atoms with Crippen LogP contribution in [0.5, 0.6) is 11.5 Å². The second kappa shape index (κ2) is 8.96. The third-order valence-electron chi connectivity index (χ3n) is 4.63. The summed E-state index contributed by atoms with van der Waals surface area (Å²) < 4.78 is 35.5. The van der Waals surface area contributed by atoms with Crippen molar-refractivity contribution in [1.82, 2.24) is 4.90 Å². The van der Waals surface area contributed by atoms with E-state index in [-0.39, 0.29) is 30.1 Å². The molecule has 28 heavy (non-hydrogen) atoms. The largest absolute Gasteiger partial charge is 0.497 e. The fourth-order valence-corrected chi connectivity index (χ4v) is 5.35.